The van der Waals surface area contributed by atoms with E-state index in [-0.39, 0.29) is 6.10 Å². The Morgan fingerprint density at radius 3 is 2.93 bits per heavy atom. The SMILES string of the molecule is CCCCCCC#C[C@H]1OCCC[C@@H]1I. The Balaban J connectivity index is 2.13. The van der Waals surface area contributed by atoms with E-state index in [4.69, 9.17) is 4.74 Å². The molecule has 2 heteroatoms. The van der Waals surface area contributed by atoms with E-state index < -0.39 is 0 Å². The third-order valence-electron chi connectivity index (χ3n) is 2.65. The zero-order chi connectivity index (χ0) is 10.9. The topological polar surface area (TPSA) is 9.23 Å². The summed E-state index contributed by atoms with van der Waals surface area (Å²) in [5.41, 5.74) is 0. The first-order valence-electron chi connectivity index (χ1n) is 6.08. The van der Waals surface area contributed by atoms with Crippen molar-refractivity contribution in [2.24, 2.45) is 0 Å². The molecule has 0 N–H and O–H groups in total. The van der Waals surface area contributed by atoms with Crippen molar-refractivity contribution in [1.82, 2.24) is 0 Å². The van der Waals surface area contributed by atoms with E-state index in [1.165, 1.54) is 38.5 Å². The molecule has 1 heterocycles. The standard InChI is InChI=1S/C13H21IO/c1-2-3-4-5-6-7-10-13-12(14)9-8-11-15-13/h12-13H,2-6,8-9,11H2,1H3/t12-,13+/m0/s1. The summed E-state index contributed by atoms with van der Waals surface area (Å²) in [7, 11) is 0. The van der Waals surface area contributed by atoms with Gasteiger partial charge in [-0.3, -0.25) is 0 Å². The molecule has 0 unspecified atom stereocenters. The summed E-state index contributed by atoms with van der Waals surface area (Å²) in [5.74, 6) is 6.53. The highest BCUT2D eigenvalue weighted by Gasteiger charge is 2.20. The van der Waals surface area contributed by atoms with Crippen LogP contribution in [-0.2, 0) is 4.74 Å². The molecule has 1 aliphatic rings. The smallest absolute Gasteiger partial charge is 0.129 e. The predicted molar refractivity (Wildman–Crippen MR) is 73.3 cm³/mol. The lowest BCUT2D eigenvalue weighted by Crippen LogP contribution is -2.28. The highest BCUT2D eigenvalue weighted by Crippen LogP contribution is 2.20. The first kappa shape index (κ1) is 13.3. The number of alkyl halides is 1. The molecule has 0 amide bonds. The largest absolute Gasteiger partial charge is 0.364 e. The van der Waals surface area contributed by atoms with Crippen molar-refractivity contribution in [3.05, 3.63) is 0 Å². The fraction of sp³-hybridized carbons (Fsp3) is 0.846. The number of rotatable bonds is 4. The third-order valence-corrected chi connectivity index (χ3v) is 3.93. The molecule has 0 aromatic heterocycles. The zero-order valence-corrected chi connectivity index (χ0v) is 11.8. The molecular weight excluding hydrogens is 299 g/mol. The maximum Gasteiger partial charge on any atom is 0.129 e. The van der Waals surface area contributed by atoms with Crippen LogP contribution in [0.25, 0.3) is 0 Å². The maximum atomic E-state index is 5.64. The highest BCUT2D eigenvalue weighted by molar-refractivity contribution is 14.1. The molecule has 1 fully saturated rings. The van der Waals surface area contributed by atoms with Crippen LogP contribution < -0.4 is 0 Å². The summed E-state index contributed by atoms with van der Waals surface area (Å²) >= 11 is 2.47. The van der Waals surface area contributed by atoms with Crippen LogP contribution in [0.3, 0.4) is 0 Å². The van der Waals surface area contributed by atoms with E-state index in [1.807, 2.05) is 0 Å². The normalized spacial score (nSPS) is 25.7. The molecular formula is C13H21IO. The van der Waals surface area contributed by atoms with Crippen molar-refractivity contribution in [1.29, 1.82) is 0 Å². The minimum Gasteiger partial charge on any atom is -0.364 e. The number of unbranched alkanes of at least 4 members (excludes halogenated alkanes) is 4. The average molecular weight is 320 g/mol. The van der Waals surface area contributed by atoms with Gasteiger partial charge in [-0.2, -0.15) is 0 Å². The second-order valence-corrected chi connectivity index (χ2v) is 5.68. The molecule has 0 aromatic carbocycles. The van der Waals surface area contributed by atoms with Crippen LogP contribution in [0.4, 0.5) is 0 Å². The minimum absolute atomic E-state index is 0.200. The Morgan fingerprint density at radius 2 is 2.20 bits per heavy atom. The molecule has 15 heavy (non-hydrogen) atoms. The van der Waals surface area contributed by atoms with Gasteiger partial charge >= 0.3 is 0 Å². The maximum absolute atomic E-state index is 5.64. The van der Waals surface area contributed by atoms with Gasteiger partial charge in [0.1, 0.15) is 6.10 Å². The molecule has 0 spiro atoms. The van der Waals surface area contributed by atoms with Crippen LogP contribution in [0.5, 0.6) is 0 Å². The van der Waals surface area contributed by atoms with Crippen molar-refractivity contribution in [3.8, 4) is 11.8 Å². The fourth-order valence-electron chi connectivity index (χ4n) is 1.69. The summed E-state index contributed by atoms with van der Waals surface area (Å²) in [5, 5.41) is 0. The van der Waals surface area contributed by atoms with E-state index in [1.54, 1.807) is 0 Å². The van der Waals surface area contributed by atoms with Crippen LogP contribution in [0.1, 0.15) is 51.9 Å². The molecule has 1 nitrogen and oxygen atoms in total. The average Bonchev–Trinajstić information content (AvgIpc) is 2.25. The molecule has 0 aromatic rings. The Morgan fingerprint density at radius 1 is 1.33 bits per heavy atom. The van der Waals surface area contributed by atoms with Gasteiger partial charge < -0.3 is 4.74 Å². The van der Waals surface area contributed by atoms with Crippen molar-refractivity contribution >= 4 is 22.6 Å². The number of halogens is 1. The van der Waals surface area contributed by atoms with E-state index in [0.29, 0.717) is 3.92 Å². The van der Waals surface area contributed by atoms with Gasteiger partial charge in [0, 0.05) is 17.0 Å². The van der Waals surface area contributed by atoms with Gasteiger partial charge in [-0.25, -0.2) is 0 Å². The van der Waals surface area contributed by atoms with Gasteiger partial charge in [0.15, 0.2) is 0 Å². The van der Waals surface area contributed by atoms with Gasteiger partial charge in [0.05, 0.1) is 0 Å². The number of hydrogen-bond donors (Lipinski definition) is 0. The quantitative estimate of drug-likeness (QED) is 0.330. The van der Waals surface area contributed by atoms with Gasteiger partial charge in [-0.05, 0) is 19.3 Å². The lowest BCUT2D eigenvalue weighted by molar-refractivity contribution is 0.0611. The summed E-state index contributed by atoms with van der Waals surface area (Å²) in [6.07, 6.45) is 8.92. The Hall–Kier alpha value is 0.250. The zero-order valence-electron chi connectivity index (χ0n) is 9.60. The summed E-state index contributed by atoms with van der Waals surface area (Å²) in [6, 6.07) is 0. The van der Waals surface area contributed by atoms with Crippen molar-refractivity contribution in [2.75, 3.05) is 6.61 Å². The fourth-order valence-corrected chi connectivity index (χ4v) is 2.52. The molecule has 2 atom stereocenters. The van der Waals surface area contributed by atoms with Crippen LogP contribution >= 0.6 is 22.6 Å². The second kappa shape index (κ2) is 8.41. The summed E-state index contributed by atoms with van der Waals surface area (Å²) in [6.45, 7) is 3.14. The monoisotopic (exact) mass is 320 g/mol. The van der Waals surface area contributed by atoms with Crippen LogP contribution in [0.2, 0.25) is 0 Å². The van der Waals surface area contributed by atoms with E-state index >= 15 is 0 Å². The molecule has 0 saturated carbocycles. The Bertz CT molecular complexity index is 216. The third kappa shape index (κ3) is 5.77. The Labute approximate surface area is 107 Å². The van der Waals surface area contributed by atoms with Gasteiger partial charge in [-0.1, -0.05) is 54.7 Å². The van der Waals surface area contributed by atoms with Gasteiger partial charge in [0.25, 0.3) is 0 Å². The second-order valence-electron chi connectivity index (χ2n) is 4.08. The minimum atomic E-state index is 0.200. The van der Waals surface area contributed by atoms with Crippen molar-refractivity contribution in [2.45, 2.75) is 61.9 Å². The number of hydrogen-bond acceptors (Lipinski definition) is 1. The molecule has 86 valence electrons. The summed E-state index contributed by atoms with van der Waals surface area (Å²) < 4.78 is 6.23. The van der Waals surface area contributed by atoms with E-state index in [9.17, 15) is 0 Å². The van der Waals surface area contributed by atoms with Gasteiger partial charge in [0.2, 0.25) is 0 Å². The Kier molecular flexibility index (Phi) is 7.46. The van der Waals surface area contributed by atoms with Crippen LogP contribution in [-0.4, -0.2) is 16.6 Å². The lowest BCUT2D eigenvalue weighted by Gasteiger charge is -2.23. The van der Waals surface area contributed by atoms with E-state index in [2.05, 4.69) is 41.4 Å². The number of ether oxygens (including phenoxy) is 1. The highest BCUT2D eigenvalue weighted by atomic mass is 127. The molecule has 1 rings (SSSR count). The molecule has 0 radical (unpaired) electrons. The van der Waals surface area contributed by atoms with Crippen molar-refractivity contribution < 1.29 is 4.74 Å². The van der Waals surface area contributed by atoms with Crippen LogP contribution in [0, 0.1) is 11.8 Å². The molecule has 1 aliphatic heterocycles. The predicted octanol–water partition coefficient (Wildman–Crippen LogP) is 3.94. The van der Waals surface area contributed by atoms with Crippen LogP contribution in [0.15, 0.2) is 0 Å². The summed E-state index contributed by atoms with van der Waals surface area (Å²) in [4.78, 5) is 0. The van der Waals surface area contributed by atoms with E-state index in [0.717, 1.165) is 13.0 Å². The van der Waals surface area contributed by atoms with Crippen molar-refractivity contribution in [3.63, 3.8) is 0 Å². The lowest BCUT2D eigenvalue weighted by atomic mass is 10.1. The molecule has 1 saturated heterocycles. The first-order valence-corrected chi connectivity index (χ1v) is 7.33. The van der Waals surface area contributed by atoms with Gasteiger partial charge in [-0.15, -0.1) is 5.92 Å². The molecule has 0 aliphatic carbocycles. The molecule has 0 bridgehead atoms. The first-order chi connectivity index (χ1) is 7.34.